The van der Waals surface area contributed by atoms with E-state index in [0.29, 0.717) is 0 Å². The van der Waals surface area contributed by atoms with E-state index in [2.05, 4.69) is 0 Å². The van der Waals surface area contributed by atoms with Crippen LogP contribution in [0.2, 0.25) is 0 Å². The Morgan fingerprint density at radius 3 is 1.00 bits per heavy atom. The van der Waals surface area contributed by atoms with Gasteiger partial charge >= 0.3 is 86.6 Å². The topological polar surface area (TPSA) is 0 Å². The van der Waals surface area contributed by atoms with Crippen LogP contribution in [0.25, 0.3) is 0 Å². The molecule has 0 aliphatic heterocycles. The predicted octanol–water partition coefficient (Wildman–Crippen LogP) is -1.84. The average Bonchev–Trinajstić information content (AvgIpc) is 0. The molecule has 0 N–H and O–H groups in total. The third kappa shape index (κ3) is 9.62. The van der Waals surface area contributed by atoms with Gasteiger partial charge in [-0.2, -0.15) is 0 Å². The van der Waals surface area contributed by atoms with Crippen molar-refractivity contribution in [1.82, 2.24) is 0 Å². The molecule has 0 nitrogen and oxygen atoms in total. The fourth-order valence-electron chi connectivity index (χ4n) is 0. The normalized spacial score (nSPS) is 0. The molecule has 0 spiro atoms. The SMILES string of the molecule is [BaH2].[CaH2].[Cd].[Zn]. The van der Waals surface area contributed by atoms with Crippen LogP contribution in [0, 0.1) is 0 Å². The maximum absolute atomic E-state index is 0. The smallest absolute Gasteiger partial charge is 0 e. The van der Waals surface area contributed by atoms with Crippen molar-refractivity contribution >= 4 is 86.6 Å². The van der Waals surface area contributed by atoms with E-state index in [1.54, 1.807) is 0 Å². The van der Waals surface area contributed by atoms with Crippen LogP contribution >= 0.6 is 0 Å². The van der Waals surface area contributed by atoms with E-state index < -0.39 is 0 Å². The van der Waals surface area contributed by atoms with Gasteiger partial charge in [-0.1, -0.05) is 0 Å². The third-order valence-electron chi connectivity index (χ3n) is 0. The Balaban J connectivity index is 0. The molecular weight excluding hydrogens is 355 g/mol. The van der Waals surface area contributed by atoms with E-state index in [9.17, 15) is 0 Å². The van der Waals surface area contributed by atoms with Gasteiger partial charge in [-0.15, -0.1) is 0 Å². The van der Waals surface area contributed by atoms with Crippen molar-refractivity contribution in [2.75, 3.05) is 0 Å². The molecule has 0 heterocycles. The van der Waals surface area contributed by atoms with Crippen LogP contribution < -0.4 is 0 Å². The molecule has 0 aromatic carbocycles. The van der Waals surface area contributed by atoms with Gasteiger partial charge in [0.25, 0.3) is 0 Å². The van der Waals surface area contributed by atoms with Gasteiger partial charge in [0.15, 0.2) is 0 Å². The second-order valence-electron chi connectivity index (χ2n) is 0. The number of rotatable bonds is 0. The van der Waals surface area contributed by atoms with Gasteiger partial charge < -0.3 is 0 Å². The van der Waals surface area contributed by atoms with Crippen molar-refractivity contribution in [3.8, 4) is 0 Å². The standard InChI is InChI=1S/Ba.Ca.Cd.Zn.4H. The summed E-state index contributed by atoms with van der Waals surface area (Å²) in [6.45, 7) is 0. The molecule has 0 rings (SSSR count). The Kier molecular flexibility index (Phi) is 93.2. The maximum atomic E-state index is 0. The molecular formula is H4BaCaCdZn. The molecule has 0 aliphatic carbocycles. The minimum absolute atomic E-state index is 0. The summed E-state index contributed by atoms with van der Waals surface area (Å²) in [4.78, 5) is 0. The van der Waals surface area contributed by atoms with Crippen molar-refractivity contribution in [2.24, 2.45) is 0 Å². The van der Waals surface area contributed by atoms with E-state index >= 15 is 0 Å². The average molecular weight is 359 g/mol. The molecule has 0 amide bonds. The molecule has 12 valence electrons. The maximum Gasteiger partial charge on any atom is 0 e. The molecule has 0 aromatic heterocycles. The van der Waals surface area contributed by atoms with E-state index in [1.807, 2.05) is 0 Å². The molecule has 0 radical (unpaired) electrons. The van der Waals surface area contributed by atoms with Gasteiger partial charge in [0.05, 0.1) is 0 Å². The Morgan fingerprint density at radius 2 is 1.00 bits per heavy atom. The van der Waals surface area contributed by atoms with Gasteiger partial charge in [0, 0.05) is 46.8 Å². The van der Waals surface area contributed by atoms with Gasteiger partial charge in [0.2, 0.25) is 0 Å². The van der Waals surface area contributed by atoms with Gasteiger partial charge in [-0.05, 0) is 0 Å². The number of hydrogen-bond donors (Lipinski definition) is 0. The van der Waals surface area contributed by atoms with Crippen molar-refractivity contribution in [3.05, 3.63) is 0 Å². The first-order valence-electron chi connectivity index (χ1n) is 0. The summed E-state index contributed by atoms with van der Waals surface area (Å²) in [6, 6.07) is 0. The van der Waals surface area contributed by atoms with Crippen LogP contribution in [0.4, 0.5) is 0 Å². The summed E-state index contributed by atoms with van der Waals surface area (Å²) in [5, 5.41) is 0. The summed E-state index contributed by atoms with van der Waals surface area (Å²) >= 11 is 0. The van der Waals surface area contributed by atoms with E-state index in [0.717, 1.165) is 0 Å². The molecule has 4 heteroatoms. The third-order valence-corrected chi connectivity index (χ3v) is 0. The molecule has 0 fully saturated rings. The Bertz CT molecular complexity index is 8.00. The van der Waals surface area contributed by atoms with Gasteiger partial charge in [-0.25, -0.2) is 0 Å². The van der Waals surface area contributed by atoms with Gasteiger partial charge in [-0.3, -0.25) is 0 Å². The van der Waals surface area contributed by atoms with Crippen molar-refractivity contribution in [2.45, 2.75) is 0 Å². The largest absolute Gasteiger partial charge is 0 e. The summed E-state index contributed by atoms with van der Waals surface area (Å²) in [5.74, 6) is 0. The van der Waals surface area contributed by atoms with Crippen LogP contribution in [-0.4, -0.2) is 86.6 Å². The Hall–Kier alpha value is 4.38. The van der Waals surface area contributed by atoms with Crippen molar-refractivity contribution < 1.29 is 46.8 Å². The molecule has 0 saturated carbocycles. The second kappa shape index (κ2) is 15.7. The zero-order chi connectivity index (χ0) is 0. The fraction of sp³-hybridized carbons (Fsp3) is 0. The quantitative estimate of drug-likeness (QED) is 0.446. The summed E-state index contributed by atoms with van der Waals surface area (Å²) in [7, 11) is 0. The first-order chi connectivity index (χ1) is 0. The summed E-state index contributed by atoms with van der Waals surface area (Å²) in [5.41, 5.74) is 0. The van der Waals surface area contributed by atoms with Crippen LogP contribution in [0.5, 0.6) is 0 Å². The molecule has 0 bridgehead atoms. The van der Waals surface area contributed by atoms with E-state index in [1.165, 1.54) is 0 Å². The van der Waals surface area contributed by atoms with E-state index in [-0.39, 0.29) is 133 Å². The van der Waals surface area contributed by atoms with Crippen LogP contribution in [0.1, 0.15) is 0 Å². The first kappa shape index (κ1) is 23.8. The second-order valence-corrected chi connectivity index (χ2v) is 0. The Morgan fingerprint density at radius 1 is 1.00 bits per heavy atom. The van der Waals surface area contributed by atoms with Crippen LogP contribution in [-0.2, 0) is 46.8 Å². The summed E-state index contributed by atoms with van der Waals surface area (Å²) < 4.78 is 0. The molecule has 4 heavy (non-hydrogen) atoms. The van der Waals surface area contributed by atoms with Crippen LogP contribution in [0.15, 0.2) is 0 Å². The predicted molar refractivity (Wildman–Crippen MR) is 17.1 cm³/mol. The van der Waals surface area contributed by atoms with Crippen molar-refractivity contribution in [1.29, 1.82) is 0 Å². The molecule has 0 atom stereocenters. The van der Waals surface area contributed by atoms with Crippen molar-refractivity contribution in [3.63, 3.8) is 0 Å². The number of hydrogen-bond acceptors (Lipinski definition) is 0. The zero-order valence-electron chi connectivity index (χ0n) is 1.41. The molecule has 0 aromatic rings. The minimum Gasteiger partial charge on any atom is 0 e. The minimum atomic E-state index is 0. The first-order valence-corrected chi connectivity index (χ1v) is 0. The molecule has 0 aliphatic rings. The molecule has 0 unspecified atom stereocenters. The molecule has 0 saturated heterocycles. The van der Waals surface area contributed by atoms with Gasteiger partial charge in [0.1, 0.15) is 0 Å². The van der Waals surface area contributed by atoms with E-state index in [4.69, 9.17) is 0 Å². The zero-order valence-corrected chi connectivity index (χ0v) is 8.42. The fourth-order valence-corrected chi connectivity index (χ4v) is 0. The summed E-state index contributed by atoms with van der Waals surface area (Å²) in [6.07, 6.45) is 0. The van der Waals surface area contributed by atoms with Crippen LogP contribution in [0.3, 0.4) is 0 Å². The monoisotopic (exact) mass is 360 g/mol. The Labute approximate surface area is 129 Å².